The van der Waals surface area contributed by atoms with Crippen molar-refractivity contribution in [1.82, 2.24) is 0 Å². The van der Waals surface area contributed by atoms with E-state index in [0.717, 1.165) is 13.8 Å². The molecule has 0 heterocycles. The van der Waals surface area contributed by atoms with Crippen LogP contribution in [0.5, 0.6) is 0 Å². The van der Waals surface area contributed by atoms with Gasteiger partial charge in [0.2, 0.25) is 0 Å². The maximum Gasteiger partial charge on any atom is 0.302 e. The van der Waals surface area contributed by atoms with Crippen LogP contribution in [0.1, 0.15) is 18.1 Å². The smallest absolute Gasteiger partial charge is 0.302 e. The van der Waals surface area contributed by atoms with Crippen molar-refractivity contribution in [1.29, 1.82) is 0 Å². The molecule has 2 nitrogen and oxygen atoms in total. The molecule has 0 aliphatic rings. The third-order valence-electron chi connectivity index (χ3n) is 1.99. The predicted molar refractivity (Wildman–Crippen MR) is 46.5 cm³/mol. The normalized spacial score (nSPS) is 10.4. The second-order valence-electron chi connectivity index (χ2n) is 3.14. The summed E-state index contributed by atoms with van der Waals surface area (Å²) >= 11 is 0. The summed E-state index contributed by atoms with van der Waals surface area (Å²) in [6.07, 6.45) is 0. The van der Waals surface area contributed by atoms with Gasteiger partial charge in [-0.05, 0) is 6.92 Å². The van der Waals surface area contributed by atoms with Crippen LogP contribution in [0.4, 0.5) is 17.6 Å². The van der Waals surface area contributed by atoms with Gasteiger partial charge in [0.05, 0.1) is 5.56 Å². The molecule has 0 spiro atoms. The van der Waals surface area contributed by atoms with E-state index in [1.54, 1.807) is 0 Å². The first-order valence-electron chi connectivity index (χ1n) is 4.31. The van der Waals surface area contributed by atoms with E-state index < -0.39 is 47.0 Å². The Balaban J connectivity index is 3.23. The van der Waals surface area contributed by atoms with E-state index in [1.807, 2.05) is 0 Å². The molecule has 0 amide bonds. The summed E-state index contributed by atoms with van der Waals surface area (Å²) in [5.41, 5.74) is -1.68. The molecule has 0 aliphatic heterocycles. The van der Waals surface area contributed by atoms with Crippen LogP contribution < -0.4 is 0 Å². The lowest BCUT2D eigenvalue weighted by Gasteiger charge is -2.09. The van der Waals surface area contributed by atoms with Crippen molar-refractivity contribution in [3.05, 3.63) is 34.4 Å². The van der Waals surface area contributed by atoms with Crippen molar-refractivity contribution in [2.24, 2.45) is 0 Å². The Morgan fingerprint density at radius 2 is 1.50 bits per heavy atom. The first kappa shape index (κ1) is 12.5. The van der Waals surface area contributed by atoms with Crippen molar-refractivity contribution in [2.45, 2.75) is 20.5 Å². The van der Waals surface area contributed by atoms with Crippen molar-refractivity contribution >= 4 is 5.97 Å². The quantitative estimate of drug-likeness (QED) is 0.448. The molecule has 0 fully saturated rings. The summed E-state index contributed by atoms with van der Waals surface area (Å²) in [6, 6.07) is 0. The molecule has 1 aromatic rings. The number of hydrogen-bond donors (Lipinski definition) is 0. The van der Waals surface area contributed by atoms with E-state index >= 15 is 0 Å². The monoisotopic (exact) mass is 236 g/mol. The van der Waals surface area contributed by atoms with Crippen molar-refractivity contribution in [3.63, 3.8) is 0 Å². The van der Waals surface area contributed by atoms with Crippen molar-refractivity contribution in [3.8, 4) is 0 Å². The fraction of sp³-hybridized carbons (Fsp3) is 0.300. The van der Waals surface area contributed by atoms with E-state index in [2.05, 4.69) is 4.74 Å². The molecule has 0 radical (unpaired) electrons. The van der Waals surface area contributed by atoms with E-state index in [1.165, 1.54) is 0 Å². The summed E-state index contributed by atoms with van der Waals surface area (Å²) in [6.45, 7) is 1.07. The lowest BCUT2D eigenvalue weighted by Crippen LogP contribution is -2.09. The fourth-order valence-corrected chi connectivity index (χ4v) is 1.09. The Labute approximate surface area is 88.8 Å². The molecule has 16 heavy (non-hydrogen) atoms. The average molecular weight is 236 g/mol. The third-order valence-corrected chi connectivity index (χ3v) is 1.99. The second kappa shape index (κ2) is 4.51. The Hall–Kier alpha value is -1.59. The molecule has 0 N–H and O–H groups in total. The maximum absolute atomic E-state index is 13.2. The molecule has 0 aliphatic carbocycles. The zero-order chi connectivity index (χ0) is 12.5. The Morgan fingerprint density at radius 1 is 1.06 bits per heavy atom. The van der Waals surface area contributed by atoms with Gasteiger partial charge in [-0.3, -0.25) is 4.79 Å². The molecule has 0 bridgehead atoms. The van der Waals surface area contributed by atoms with Crippen molar-refractivity contribution < 1.29 is 27.1 Å². The molecule has 0 atom stereocenters. The van der Waals surface area contributed by atoms with Gasteiger partial charge in [0.25, 0.3) is 0 Å². The number of esters is 1. The number of carbonyl (C=O) groups is 1. The molecule has 1 rings (SSSR count). The standard InChI is InChI=1S/C10H8F4O2/c1-4-7(11)9(13)6(3-16-5(2)15)10(14)8(4)12/h3H2,1-2H3. The average Bonchev–Trinajstić information content (AvgIpc) is 2.23. The van der Waals surface area contributed by atoms with Gasteiger partial charge < -0.3 is 4.74 Å². The van der Waals surface area contributed by atoms with Gasteiger partial charge in [0.1, 0.15) is 6.61 Å². The summed E-state index contributed by atoms with van der Waals surface area (Å²) in [5, 5.41) is 0. The SMILES string of the molecule is CC(=O)OCc1c(F)c(F)c(C)c(F)c1F. The highest BCUT2D eigenvalue weighted by molar-refractivity contribution is 5.65. The Kier molecular flexibility index (Phi) is 3.51. The maximum atomic E-state index is 13.2. The zero-order valence-corrected chi connectivity index (χ0v) is 8.54. The molecule has 0 saturated carbocycles. The molecule has 88 valence electrons. The molecular formula is C10H8F4O2. The number of halogens is 4. The van der Waals surface area contributed by atoms with E-state index in [4.69, 9.17) is 0 Å². The van der Waals surface area contributed by atoms with E-state index in [9.17, 15) is 22.4 Å². The Morgan fingerprint density at radius 3 is 1.88 bits per heavy atom. The number of ether oxygens (including phenoxy) is 1. The van der Waals surface area contributed by atoms with Crippen LogP contribution in [0.25, 0.3) is 0 Å². The van der Waals surface area contributed by atoms with Gasteiger partial charge in [-0.25, -0.2) is 17.6 Å². The van der Waals surface area contributed by atoms with Crippen LogP contribution in [0.2, 0.25) is 0 Å². The highest BCUT2D eigenvalue weighted by Crippen LogP contribution is 2.23. The molecule has 0 unspecified atom stereocenters. The lowest BCUT2D eigenvalue weighted by molar-refractivity contribution is -0.142. The summed E-state index contributed by atoms with van der Waals surface area (Å²) in [4.78, 5) is 10.4. The molecule has 1 aromatic carbocycles. The van der Waals surface area contributed by atoms with Gasteiger partial charge in [-0.2, -0.15) is 0 Å². The van der Waals surface area contributed by atoms with Crippen LogP contribution in [0, 0.1) is 30.2 Å². The first-order chi connectivity index (χ1) is 7.36. The minimum Gasteiger partial charge on any atom is -0.461 e. The minimum atomic E-state index is -1.54. The fourth-order valence-electron chi connectivity index (χ4n) is 1.09. The summed E-state index contributed by atoms with van der Waals surface area (Å²) in [7, 11) is 0. The van der Waals surface area contributed by atoms with E-state index in [0.29, 0.717) is 0 Å². The largest absolute Gasteiger partial charge is 0.461 e. The number of carbonyl (C=O) groups excluding carboxylic acids is 1. The van der Waals surface area contributed by atoms with E-state index in [-0.39, 0.29) is 0 Å². The topological polar surface area (TPSA) is 26.3 Å². The van der Waals surface area contributed by atoms with Crippen LogP contribution in [-0.4, -0.2) is 5.97 Å². The van der Waals surface area contributed by atoms with Gasteiger partial charge in [0, 0.05) is 12.5 Å². The third kappa shape index (κ3) is 2.15. The molecule has 6 heteroatoms. The minimum absolute atomic E-state index is 0.749. The van der Waals surface area contributed by atoms with Crippen LogP contribution in [-0.2, 0) is 16.1 Å². The highest BCUT2D eigenvalue weighted by atomic mass is 19.2. The molecule has 0 aromatic heterocycles. The van der Waals surface area contributed by atoms with Gasteiger partial charge >= 0.3 is 5.97 Å². The first-order valence-corrected chi connectivity index (χ1v) is 4.31. The van der Waals surface area contributed by atoms with Gasteiger partial charge in [-0.15, -0.1) is 0 Å². The summed E-state index contributed by atoms with van der Waals surface area (Å²) in [5.74, 6) is -6.86. The summed E-state index contributed by atoms with van der Waals surface area (Å²) < 4.78 is 56.7. The number of hydrogen-bond acceptors (Lipinski definition) is 2. The number of rotatable bonds is 2. The zero-order valence-electron chi connectivity index (χ0n) is 8.54. The van der Waals surface area contributed by atoms with Crippen LogP contribution in [0.15, 0.2) is 0 Å². The number of benzene rings is 1. The predicted octanol–water partition coefficient (Wildman–Crippen LogP) is 2.61. The van der Waals surface area contributed by atoms with Gasteiger partial charge in [0.15, 0.2) is 23.3 Å². The van der Waals surface area contributed by atoms with Crippen LogP contribution in [0.3, 0.4) is 0 Å². The van der Waals surface area contributed by atoms with Crippen molar-refractivity contribution in [2.75, 3.05) is 0 Å². The molecule has 0 saturated heterocycles. The highest BCUT2D eigenvalue weighted by Gasteiger charge is 2.23. The van der Waals surface area contributed by atoms with Gasteiger partial charge in [-0.1, -0.05) is 0 Å². The molecular weight excluding hydrogens is 228 g/mol. The van der Waals surface area contributed by atoms with Crippen LogP contribution >= 0.6 is 0 Å². The Bertz CT molecular complexity index is 414. The second-order valence-corrected chi connectivity index (χ2v) is 3.14. The lowest BCUT2D eigenvalue weighted by atomic mass is 10.1.